The Morgan fingerprint density at radius 2 is 0.827 bits per heavy atom. The minimum atomic E-state index is -0.549. The number of ether oxygens (including phenoxy) is 2. The van der Waals surface area contributed by atoms with Crippen LogP contribution >= 0.6 is 49.0 Å². The van der Waals surface area contributed by atoms with Gasteiger partial charge in [-0.2, -0.15) is 9.26 Å². The van der Waals surface area contributed by atoms with Crippen molar-refractivity contribution in [2.45, 2.75) is 275 Å². The molecule has 0 saturated carbocycles. The van der Waals surface area contributed by atoms with Crippen molar-refractivity contribution in [1.82, 2.24) is 39.6 Å². The number of H-pyrrole nitrogens is 2. The first-order chi connectivity index (χ1) is 44.9. The van der Waals surface area contributed by atoms with E-state index >= 15 is 0 Å². The highest BCUT2D eigenvalue weighted by atomic mass is 35.5. The number of hydrogen-bond donors (Lipinski definition) is 3. The Labute approximate surface area is 609 Å². The lowest BCUT2D eigenvalue weighted by Gasteiger charge is -2.17. The molecule has 4 aromatic carbocycles. The molecule has 1 atom stereocenters. The highest BCUT2D eigenvalue weighted by Gasteiger charge is 2.16. The zero-order valence-electron chi connectivity index (χ0n) is 57.0. The third-order valence-electron chi connectivity index (χ3n) is 13.6. The van der Waals surface area contributed by atoms with Gasteiger partial charge in [0.15, 0.2) is 31.4 Å². The highest BCUT2D eigenvalue weighted by molar-refractivity contribution is 7.22. The average molecular weight is 1460 g/mol. The summed E-state index contributed by atoms with van der Waals surface area (Å²) in [5, 5.41) is 19.3. The van der Waals surface area contributed by atoms with Crippen LogP contribution in [0.3, 0.4) is 0 Å². The number of carbonyl (C=O) groups excluding carboxylic acids is 1. The Bertz CT molecular complexity index is 3040. The number of unbranched alkanes of at least 4 members (excludes halogenated alkanes) is 19. The average Bonchev–Trinajstić information content (AvgIpc) is 1.65. The fraction of sp³-hybridized carbons (Fsp3) is 0.566. The number of fused-ring (bicyclic) bond motifs is 2. The van der Waals surface area contributed by atoms with Gasteiger partial charge in [0.2, 0.25) is 6.29 Å². The Morgan fingerprint density at radius 3 is 1.14 bits per heavy atom. The molecule has 4 heterocycles. The monoisotopic (exact) mass is 1460 g/mol. The topological polar surface area (TPSA) is 209 Å². The third-order valence-corrected chi connectivity index (χ3v) is 15.1. The van der Waals surface area contributed by atoms with E-state index in [4.69, 9.17) is 37.2 Å². The second-order valence-electron chi connectivity index (χ2n) is 21.0. The number of para-hydroxylation sites is 2. The molecule has 0 saturated heterocycles. The van der Waals surface area contributed by atoms with Crippen LogP contribution in [0.4, 0.5) is 5.69 Å². The summed E-state index contributed by atoms with van der Waals surface area (Å²) in [5.41, 5.74) is 6.95. The van der Waals surface area contributed by atoms with E-state index in [0.717, 1.165) is 41.0 Å². The molecule has 8 rings (SSSR count). The number of aromatic nitrogens is 8. The number of halogens is 2. The predicted molar refractivity (Wildman–Crippen MR) is 424 cm³/mol. The van der Waals surface area contributed by atoms with Crippen LogP contribution < -0.4 is 14.4 Å². The van der Waals surface area contributed by atoms with Gasteiger partial charge in [-0.1, -0.05) is 318 Å². The zero-order chi connectivity index (χ0) is 68.0. The van der Waals surface area contributed by atoms with Crippen molar-refractivity contribution in [3.63, 3.8) is 0 Å². The summed E-state index contributed by atoms with van der Waals surface area (Å²) in [6.07, 6.45) is 28.7. The maximum Gasteiger partial charge on any atom is 0.395 e. The van der Waals surface area contributed by atoms with Crippen LogP contribution in [-0.4, -0.2) is 65.3 Å². The van der Waals surface area contributed by atoms with E-state index in [9.17, 15) is 13.9 Å². The molecule has 98 heavy (non-hydrogen) atoms. The van der Waals surface area contributed by atoms with E-state index in [1.807, 2.05) is 133 Å². The number of aromatic amines is 2. The first-order valence-electron chi connectivity index (χ1n) is 33.1. The van der Waals surface area contributed by atoms with E-state index < -0.39 is 6.29 Å². The summed E-state index contributed by atoms with van der Waals surface area (Å²) in [4.78, 5) is 21.2. The molecule has 0 radical (unpaired) electrons. The van der Waals surface area contributed by atoms with E-state index in [1.54, 1.807) is 40.2 Å². The molecule has 1 unspecified atom stereocenters. The molecule has 556 valence electrons. The molecule has 0 aliphatic carbocycles. The standard InChI is InChI=1S/C31H48ClN5O3.C12H11ClN4.C10H22.2C6H5O2P.2C2H6.CH3OP.6CH4/c1-4-6-7-8-9-10-11-12-13-14-15-16-17-18-27(38)40-28(5-2)39-23-33-26-21-19-25(20-22-26)30-34-31-29(32)24(3)35-37(31)36-30;1-7-3-5-9(6-4-7)11-14-12-10(13)8(2)15-17(12)16-11;1-3-5-7-9-10-8-6-4-2;2*7-9-8-6-4-2-1-3-5-6;2*1-2;1-3-2;;;;;;/h19-22,28,33,35H,4-18,23H2,1-3H3;3-6,15H,1-2H3;3-10H2,1-2H3;2*1-5H;2*1-2H3;1H3;6*1H4. The van der Waals surface area contributed by atoms with Gasteiger partial charge in [-0.25, -0.2) is 19.1 Å². The zero-order valence-corrected chi connectivity index (χ0v) is 61.2. The fourth-order valence-corrected chi connectivity index (χ4v) is 9.45. The van der Waals surface area contributed by atoms with E-state index in [1.165, 1.54) is 128 Å². The number of rotatable bonds is 33. The van der Waals surface area contributed by atoms with Crippen molar-refractivity contribution in [2.75, 3.05) is 18.7 Å². The van der Waals surface area contributed by atoms with Crippen LogP contribution in [0.25, 0.3) is 34.1 Å². The number of esters is 1. The van der Waals surface area contributed by atoms with Gasteiger partial charge >= 0.3 is 23.3 Å². The quantitative estimate of drug-likeness (QED) is 0.0152. The van der Waals surface area contributed by atoms with Crippen molar-refractivity contribution in [2.24, 2.45) is 0 Å². The SMILES string of the molecule is C.C.C.C.C.C.CC.CC.CCCCCCCCCC.CCCCCCCCCCCCCCCC(=O)OC(CC)OCNc1ccc(-c2nc3c(Cl)c(C)[nH]n3n2)cc1.CP=O.Cc1ccc(-c2nc3c(Cl)c(C)[nH]n3n2)cc1.O=POc1ccccc1.O=POc1ccccc1. The number of carbonyl (C=O) groups is 1. The van der Waals surface area contributed by atoms with Crippen LogP contribution in [0, 0.1) is 20.8 Å². The number of nitrogens with zero attached hydrogens (tertiary/aromatic N) is 6. The van der Waals surface area contributed by atoms with Crippen LogP contribution in [0.1, 0.15) is 265 Å². The molecule has 17 nitrogen and oxygen atoms in total. The molecule has 0 aliphatic heterocycles. The van der Waals surface area contributed by atoms with Gasteiger partial charge in [-0.3, -0.25) is 19.6 Å². The lowest BCUT2D eigenvalue weighted by atomic mass is 10.0. The van der Waals surface area contributed by atoms with Gasteiger partial charge in [0, 0.05) is 36.3 Å². The number of benzene rings is 4. The van der Waals surface area contributed by atoms with Crippen molar-refractivity contribution >= 4 is 72.0 Å². The molecule has 8 aromatic rings. The molecular formula is C76H130Cl2N9O8P3. The molecule has 0 bridgehead atoms. The molecule has 0 amide bonds. The van der Waals surface area contributed by atoms with E-state index in [-0.39, 0.29) is 83.1 Å². The lowest BCUT2D eigenvalue weighted by molar-refractivity contribution is -0.178. The Kier molecular flexibility index (Phi) is 71.5. The van der Waals surface area contributed by atoms with E-state index in [2.05, 4.69) is 72.4 Å². The number of nitrogens with one attached hydrogen (secondary N) is 3. The molecule has 3 N–H and O–H groups in total. The first-order valence-corrected chi connectivity index (χ1v) is 36.6. The summed E-state index contributed by atoms with van der Waals surface area (Å²) in [7, 11) is -0.443. The van der Waals surface area contributed by atoms with Gasteiger partial charge in [-0.05, 0) is 75.7 Å². The van der Waals surface area contributed by atoms with Gasteiger partial charge < -0.3 is 23.8 Å². The minimum absolute atomic E-state index is 0. The molecule has 22 heteroatoms. The Morgan fingerprint density at radius 1 is 0.500 bits per heavy atom. The number of aryl methyl sites for hydroxylation is 3. The van der Waals surface area contributed by atoms with Crippen molar-refractivity contribution < 1.29 is 37.0 Å². The molecule has 0 aliphatic rings. The van der Waals surface area contributed by atoms with Crippen molar-refractivity contribution in [3.05, 3.63) is 136 Å². The minimum Gasteiger partial charge on any atom is -0.436 e. The van der Waals surface area contributed by atoms with Gasteiger partial charge in [-0.15, -0.1) is 10.2 Å². The lowest BCUT2D eigenvalue weighted by Crippen LogP contribution is -2.23. The third kappa shape index (κ3) is 44.9. The molecule has 4 aromatic heterocycles. The largest absolute Gasteiger partial charge is 0.436 e. The summed E-state index contributed by atoms with van der Waals surface area (Å²) in [5.74, 6) is 2.33. The Balaban J connectivity index is -0.000000300. The maximum absolute atomic E-state index is 12.3. The number of anilines is 1. The van der Waals surface area contributed by atoms with E-state index in [0.29, 0.717) is 57.3 Å². The van der Waals surface area contributed by atoms with Crippen LogP contribution in [-0.2, 0) is 28.0 Å². The molecule has 0 spiro atoms. The smallest absolute Gasteiger partial charge is 0.395 e. The normalized spacial score (nSPS) is 10.0. The Hall–Kier alpha value is -6.05. The van der Waals surface area contributed by atoms with Crippen LogP contribution in [0.15, 0.2) is 109 Å². The second kappa shape index (κ2) is 68.1. The highest BCUT2D eigenvalue weighted by Crippen LogP contribution is 2.26. The van der Waals surface area contributed by atoms with Gasteiger partial charge in [0.1, 0.15) is 28.3 Å². The maximum atomic E-state index is 12.3. The molecule has 0 fully saturated rings. The van der Waals surface area contributed by atoms with Gasteiger partial charge in [0.05, 0.1) is 11.4 Å². The van der Waals surface area contributed by atoms with Crippen LogP contribution in [0.2, 0.25) is 10.0 Å². The summed E-state index contributed by atoms with van der Waals surface area (Å²) in [6.45, 7) is 24.4. The van der Waals surface area contributed by atoms with Crippen LogP contribution in [0.5, 0.6) is 11.5 Å². The van der Waals surface area contributed by atoms with Gasteiger partial charge in [0.25, 0.3) is 0 Å². The number of hydrogen-bond acceptors (Lipinski definition) is 13. The fourth-order valence-electron chi connectivity index (χ4n) is 8.70. The first kappa shape index (κ1) is 103. The van der Waals surface area contributed by atoms with Crippen molar-refractivity contribution in [3.8, 4) is 34.3 Å². The van der Waals surface area contributed by atoms with Crippen molar-refractivity contribution in [1.29, 1.82) is 0 Å². The second-order valence-corrected chi connectivity index (χ2v) is 22.7. The predicted octanol–water partition coefficient (Wildman–Crippen LogP) is 27.3. The molecular weight excluding hydrogens is 1330 g/mol. The summed E-state index contributed by atoms with van der Waals surface area (Å²) in [6, 6.07) is 33.8. The summed E-state index contributed by atoms with van der Waals surface area (Å²) < 4.78 is 52.3. The summed E-state index contributed by atoms with van der Waals surface area (Å²) >= 11 is 12.4.